The zero-order valence-corrected chi connectivity index (χ0v) is 23.2. The maximum absolute atomic E-state index is 12.5. The van der Waals surface area contributed by atoms with Crippen LogP contribution in [0.15, 0.2) is 36.5 Å². The van der Waals surface area contributed by atoms with E-state index in [1.165, 1.54) is 35.6 Å². The second kappa shape index (κ2) is 11.4. The number of alkyl halides is 3. The Labute approximate surface area is 237 Å². The zero-order chi connectivity index (χ0) is 29.5. The number of hydrogen-bond acceptors (Lipinski definition) is 11. The molecule has 1 aliphatic carbocycles. The molecule has 0 aliphatic heterocycles. The number of aromatic nitrogens is 4. The van der Waals surface area contributed by atoms with Crippen LogP contribution < -0.4 is 15.4 Å². The molecule has 0 unspecified atom stereocenters. The topological polar surface area (TPSA) is 146 Å². The fourth-order valence-corrected chi connectivity index (χ4v) is 6.05. The van der Waals surface area contributed by atoms with E-state index >= 15 is 0 Å². The minimum Gasteiger partial charge on any atom is -0.406 e. The van der Waals surface area contributed by atoms with E-state index in [0.29, 0.717) is 34.1 Å². The van der Waals surface area contributed by atoms with Gasteiger partial charge in [0.2, 0.25) is 5.95 Å². The van der Waals surface area contributed by atoms with Gasteiger partial charge in [0.25, 0.3) is 0 Å². The number of nitrogens with zero attached hydrogens (tertiary/aromatic N) is 4. The van der Waals surface area contributed by atoms with Crippen LogP contribution in [0, 0.1) is 19.8 Å². The number of pyridine rings is 1. The van der Waals surface area contributed by atoms with Crippen LogP contribution in [0.5, 0.6) is 5.75 Å². The lowest BCUT2D eigenvalue weighted by atomic mass is 10.1. The molecule has 0 spiro atoms. The average molecular weight is 591 g/mol. The number of anilines is 2. The maximum Gasteiger partial charge on any atom is 0.573 e. The first-order chi connectivity index (χ1) is 19.4. The number of ether oxygens (including phenoxy) is 1. The fraction of sp³-hybridized carbons (Fsp3) is 0.407. The van der Waals surface area contributed by atoms with Gasteiger partial charge < -0.3 is 30.7 Å². The van der Waals surface area contributed by atoms with Crippen LogP contribution in [0.1, 0.15) is 36.3 Å². The van der Waals surface area contributed by atoms with Crippen molar-refractivity contribution in [3.05, 3.63) is 53.5 Å². The second-order valence-electron chi connectivity index (χ2n) is 10.0. The second-order valence-corrected chi connectivity index (χ2v) is 11.0. The molecule has 3 aromatic heterocycles. The van der Waals surface area contributed by atoms with Crippen molar-refractivity contribution in [3.8, 4) is 16.3 Å². The van der Waals surface area contributed by atoms with E-state index in [4.69, 9.17) is 9.97 Å². The SMILES string of the molecule is Cc1nc(N[C@H](C)c2ccc(OC(F)(F)F)cc2)nc(N[C@@H]2C[C@H](CO)[C@@H](O)[C@H]2O)c1-c1nc2ccnc(C)c2s1. The Morgan fingerprint density at radius 3 is 2.41 bits per heavy atom. The number of benzene rings is 1. The third-order valence-electron chi connectivity index (χ3n) is 7.10. The van der Waals surface area contributed by atoms with Crippen LogP contribution in [-0.2, 0) is 0 Å². The van der Waals surface area contributed by atoms with Crippen molar-refractivity contribution in [2.24, 2.45) is 5.92 Å². The Morgan fingerprint density at radius 1 is 1.05 bits per heavy atom. The fourth-order valence-electron chi connectivity index (χ4n) is 4.95. The van der Waals surface area contributed by atoms with E-state index in [2.05, 4.69) is 25.3 Å². The number of nitrogens with one attached hydrogen (secondary N) is 2. The lowest BCUT2D eigenvalue weighted by Crippen LogP contribution is -2.35. The first-order valence-corrected chi connectivity index (χ1v) is 13.7. The molecule has 1 fully saturated rings. The highest BCUT2D eigenvalue weighted by Crippen LogP contribution is 2.39. The Bertz CT molecular complexity index is 1530. The molecular formula is C27H29F3N6O4S. The maximum atomic E-state index is 12.5. The summed E-state index contributed by atoms with van der Waals surface area (Å²) in [5.41, 5.74) is 3.48. The zero-order valence-electron chi connectivity index (χ0n) is 22.3. The summed E-state index contributed by atoms with van der Waals surface area (Å²) in [7, 11) is 0. The van der Waals surface area contributed by atoms with Gasteiger partial charge in [0.1, 0.15) is 22.7 Å². The largest absolute Gasteiger partial charge is 0.573 e. The number of fused-ring (bicyclic) bond motifs is 1. The summed E-state index contributed by atoms with van der Waals surface area (Å²) < 4.78 is 42.4. The van der Waals surface area contributed by atoms with E-state index < -0.39 is 30.5 Å². The van der Waals surface area contributed by atoms with Crippen molar-refractivity contribution in [1.82, 2.24) is 19.9 Å². The van der Waals surface area contributed by atoms with Crippen molar-refractivity contribution < 1.29 is 33.2 Å². The Hall–Kier alpha value is -3.59. The summed E-state index contributed by atoms with van der Waals surface area (Å²) in [6.45, 7) is 5.24. The number of hydrogen-bond donors (Lipinski definition) is 5. The number of rotatable bonds is 8. The summed E-state index contributed by atoms with van der Waals surface area (Å²) >= 11 is 1.43. The van der Waals surface area contributed by atoms with Gasteiger partial charge in [0, 0.05) is 18.7 Å². The molecular weight excluding hydrogens is 561 g/mol. The molecule has 1 saturated carbocycles. The standard InChI is InChI=1S/C27H29F3N6O4S/c1-12(15-4-6-17(7-5-15)40-27(28,29)30)32-26-33-13(2)20(25-35-18-8-9-31-14(3)23(18)41-25)24(36-26)34-19-10-16(11-37)21(38)22(19)39/h4-9,12,16,19,21-22,37-39H,10-11H2,1-3H3,(H2,32,33,34,36)/t12-,16-,19-,21-,22+/m1/s1. The van der Waals surface area contributed by atoms with E-state index in [0.717, 1.165) is 15.9 Å². The number of aliphatic hydroxyl groups excluding tert-OH is 3. The molecule has 14 heteroatoms. The van der Waals surface area contributed by atoms with Crippen molar-refractivity contribution >= 4 is 33.3 Å². The van der Waals surface area contributed by atoms with Gasteiger partial charge in [-0.1, -0.05) is 12.1 Å². The minimum absolute atomic E-state index is 0.238. The van der Waals surface area contributed by atoms with Crippen molar-refractivity contribution in [2.75, 3.05) is 17.2 Å². The van der Waals surface area contributed by atoms with Gasteiger partial charge in [-0.2, -0.15) is 4.98 Å². The highest BCUT2D eigenvalue weighted by molar-refractivity contribution is 7.21. The quantitative estimate of drug-likeness (QED) is 0.201. The summed E-state index contributed by atoms with van der Waals surface area (Å²) in [4.78, 5) is 18.4. The average Bonchev–Trinajstić information content (AvgIpc) is 3.45. The van der Waals surface area contributed by atoms with E-state index in [1.54, 1.807) is 13.1 Å². The Kier molecular flexibility index (Phi) is 8.01. The van der Waals surface area contributed by atoms with Gasteiger partial charge in [-0.15, -0.1) is 24.5 Å². The molecule has 1 aliphatic rings. The third-order valence-corrected chi connectivity index (χ3v) is 8.30. The predicted molar refractivity (Wildman–Crippen MR) is 148 cm³/mol. The molecule has 5 atom stereocenters. The summed E-state index contributed by atoms with van der Waals surface area (Å²) in [5.74, 6) is -0.202. The van der Waals surface area contributed by atoms with Gasteiger partial charge in [-0.3, -0.25) is 4.98 Å². The molecule has 5 rings (SSSR count). The van der Waals surface area contributed by atoms with Crippen LogP contribution in [-0.4, -0.2) is 66.5 Å². The molecule has 5 N–H and O–H groups in total. The lowest BCUT2D eigenvalue weighted by molar-refractivity contribution is -0.274. The summed E-state index contributed by atoms with van der Waals surface area (Å²) in [6, 6.07) is 6.33. The Morgan fingerprint density at radius 2 is 1.78 bits per heavy atom. The summed E-state index contributed by atoms with van der Waals surface area (Å²) in [5, 5.41) is 37.8. The predicted octanol–water partition coefficient (Wildman–Crippen LogP) is 4.35. The normalized spacial score (nSPS) is 21.7. The molecule has 0 saturated heterocycles. The lowest BCUT2D eigenvalue weighted by Gasteiger charge is -2.22. The first kappa shape index (κ1) is 28.9. The summed E-state index contributed by atoms with van der Waals surface area (Å²) in [6.07, 6.45) is -5.01. The minimum atomic E-state index is -4.78. The van der Waals surface area contributed by atoms with Crippen molar-refractivity contribution in [2.45, 2.75) is 57.8 Å². The van der Waals surface area contributed by atoms with Gasteiger partial charge >= 0.3 is 6.36 Å². The molecule has 41 heavy (non-hydrogen) atoms. The third kappa shape index (κ3) is 6.20. The number of aliphatic hydroxyl groups is 3. The molecule has 10 nitrogen and oxygen atoms in total. The Balaban J connectivity index is 1.48. The monoisotopic (exact) mass is 590 g/mol. The number of thiazole rings is 1. The van der Waals surface area contributed by atoms with Crippen LogP contribution in [0.4, 0.5) is 24.9 Å². The van der Waals surface area contributed by atoms with E-state index in [1.807, 2.05) is 19.9 Å². The van der Waals surface area contributed by atoms with Gasteiger partial charge in [-0.05, 0) is 51.0 Å². The van der Waals surface area contributed by atoms with Crippen LogP contribution in [0.2, 0.25) is 0 Å². The van der Waals surface area contributed by atoms with Crippen LogP contribution in [0.3, 0.4) is 0 Å². The number of aryl methyl sites for hydroxylation is 2. The smallest absolute Gasteiger partial charge is 0.406 e. The molecule has 0 radical (unpaired) electrons. The van der Waals surface area contributed by atoms with Gasteiger partial charge in [-0.25, -0.2) is 9.97 Å². The molecule has 218 valence electrons. The first-order valence-electron chi connectivity index (χ1n) is 12.9. The van der Waals surface area contributed by atoms with E-state index in [-0.39, 0.29) is 24.3 Å². The number of halogens is 3. The molecule has 1 aromatic carbocycles. The van der Waals surface area contributed by atoms with Gasteiger partial charge in [0.05, 0.1) is 45.4 Å². The molecule has 0 bridgehead atoms. The van der Waals surface area contributed by atoms with Crippen molar-refractivity contribution in [1.29, 1.82) is 0 Å². The molecule has 0 amide bonds. The molecule has 4 aromatic rings. The highest BCUT2D eigenvalue weighted by Gasteiger charge is 2.41. The van der Waals surface area contributed by atoms with Crippen LogP contribution in [0.25, 0.3) is 20.8 Å². The van der Waals surface area contributed by atoms with Crippen molar-refractivity contribution in [3.63, 3.8) is 0 Å². The van der Waals surface area contributed by atoms with Gasteiger partial charge in [0.15, 0.2) is 0 Å². The molecule has 3 heterocycles. The highest BCUT2D eigenvalue weighted by atomic mass is 32.1. The van der Waals surface area contributed by atoms with Crippen LogP contribution >= 0.6 is 11.3 Å². The van der Waals surface area contributed by atoms with E-state index in [9.17, 15) is 28.5 Å².